The SMILES string of the molecule is CC1(C)C(=O)N(CC2CN(c3cc(Cl)cc(C(F)(F)F)c3)C2)c2cc(Br)ccc21. The highest BCUT2D eigenvalue weighted by atomic mass is 79.9. The number of hydrogen-bond acceptors (Lipinski definition) is 2. The highest BCUT2D eigenvalue weighted by Crippen LogP contribution is 2.44. The third-order valence-corrected chi connectivity index (χ3v) is 6.39. The average Bonchev–Trinajstić information content (AvgIpc) is 2.76. The van der Waals surface area contributed by atoms with Crippen LogP contribution >= 0.6 is 27.5 Å². The lowest BCUT2D eigenvalue weighted by molar-refractivity contribution is -0.137. The highest BCUT2D eigenvalue weighted by molar-refractivity contribution is 9.10. The van der Waals surface area contributed by atoms with Crippen molar-refractivity contribution in [1.29, 1.82) is 0 Å². The predicted molar refractivity (Wildman–Crippen MR) is 112 cm³/mol. The number of carbonyl (C=O) groups is 1. The van der Waals surface area contributed by atoms with Gasteiger partial charge in [-0.25, -0.2) is 0 Å². The number of amides is 1. The standard InChI is InChI=1S/C21H19BrClF3N2O/c1-20(2)17-4-3-14(22)7-18(17)28(19(20)29)11-12-9-27(10-12)16-6-13(21(24,25)26)5-15(23)8-16/h3-8,12H,9-11H2,1-2H3. The molecule has 1 fully saturated rings. The quantitative estimate of drug-likeness (QED) is 0.540. The summed E-state index contributed by atoms with van der Waals surface area (Å²) in [6.07, 6.45) is -4.44. The van der Waals surface area contributed by atoms with Crippen LogP contribution in [0.25, 0.3) is 0 Å². The van der Waals surface area contributed by atoms with Gasteiger partial charge in [0.05, 0.1) is 11.0 Å². The van der Waals surface area contributed by atoms with Crippen molar-refractivity contribution in [2.45, 2.75) is 25.4 Å². The number of fused-ring (bicyclic) bond motifs is 1. The minimum atomic E-state index is -4.44. The van der Waals surface area contributed by atoms with Crippen LogP contribution in [-0.4, -0.2) is 25.5 Å². The monoisotopic (exact) mass is 486 g/mol. The first-order valence-corrected chi connectivity index (χ1v) is 10.4. The molecule has 154 valence electrons. The molecule has 0 spiro atoms. The summed E-state index contributed by atoms with van der Waals surface area (Å²) >= 11 is 9.36. The van der Waals surface area contributed by atoms with Gasteiger partial charge < -0.3 is 9.80 Å². The number of rotatable bonds is 3. The molecule has 8 heteroatoms. The Balaban J connectivity index is 1.49. The molecule has 29 heavy (non-hydrogen) atoms. The van der Waals surface area contributed by atoms with Gasteiger partial charge in [0.25, 0.3) is 0 Å². The van der Waals surface area contributed by atoms with Gasteiger partial charge in [0, 0.05) is 46.4 Å². The van der Waals surface area contributed by atoms with Gasteiger partial charge in [-0.3, -0.25) is 4.79 Å². The van der Waals surface area contributed by atoms with Crippen LogP contribution in [0.5, 0.6) is 0 Å². The summed E-state index contributed by atoms with van der Waals surface area (Å²) in [6, 6.07) is 9.45. The van der Waals surface area contributed by atoms with Crippen molar-refractivity contribution in [2.75, 3.05) is 29.4 Å². The van der Waals surface area contributed by atoms with Gasteiger partial charge in [-0.1, -0.05) is 33.6 Å². The predicted octanol–water partition coefficient (Wildman–Crippen LogP) is 5.88. The number of alkyl halides is 3. The zero-order valence-corrected chi connectivity index (χ0v) is 18.2. The molecule has 2 aliphatic rings. The molecular formula is C21H19BrClF3N2O. The van der Waals surface area contributed by atoms with E-state index in [0.717, 1.165) is 27.9 Å². The third kappa shape index (κ3) is 3.63. The van der Waals surface area contributed by atoms with Crippen molar-refractivity contribution in [3.8, 4) is 0 Å². The molecule has 2 aromatic carbocycles. The van der Waals surface area contributed by atoms with Crippen molar-refractivity contribution in [2.24, 2.45) is 5.92 Å². The van der Waals surface area contributed by atoms with E-state index in [9.17, 15) is 18.0 Å². The fourth-order valence-corrected chi connectivity index (χ4v) is 4.65. The topological polar surface area (TPSA) is 23.6 Å². The fourth-order valence-electron chi connectivity index (χ4n) is 4.07. The summed E-state index contributed by atoms with van der Waals surface area (Å²) in [7, 11) is 0. The van der Waals surface area contributed by atoms with Crippen molar-refractivity contribution in [1.82, 2.24) is 0 Å². The van der Waals surface area contributed by atoms with E-state index < -0.39 is 17.2 Å². The van der Waals surface area contributed by atoms with Crippen molar-refractivity contribution < 1.29 is 18.0 Å². The van der Waals surface area contributed by atoms with Crippen LogP contribution in [0.1, 0.15) is 25.0 Å². The molecule has 2 heterocycles. The highest BCUT2D eigenvalue weighted by Gasteiger charge is 2.45. The van der Waals surface area contributed by atoms with Gasteiger partial charge in [0.2, 0.25) is 5.91 Å². The maximum absolute atomic E-state index is 13.0. The van der Waals surface area contributed by atoms with Gasteiger partial charge in [-0.15, -0.1) is 0 Å². The molecule has 0 atom stereocenters. The van der Waals surface area contributed by atoms with Crippen molar-refractivity contribution in [3.63, 3.8) is 0 Å². The minimum Gasteiger partial charge on any atom is -0.371 e. The van der Waals surface area contributed by atoms with Crippen molar-refractivity contribution >= 4 is 44.8 Å². The second-order valence-corrected chi connectivity index (χ2v) is 9.52. The summed E-state index contributed by atoms with van der Waals surface area (Å²) in [5.74, 6) is 0.221. The van der Waals surface area contributed by atoms with Gasteiger partial charge in [-0.05, 0) is 49.7 Å². The number of anilines is 2. The van der Waals surface area contributed by atoms with Gasteiger partial charge in [0.15, 0.2) is 0 Å². The first-order chi connectivity index (χ1) is 13.5. The Kier molecular flexibility index (Phi) is 4.89. The first-order valence-electron chi connectivity index (χ1n) is 9.21. The van der Waals surface area contributed by atoms with Crippen LogP contribution in [0.3, 0.4) is 0 Å². The van der Waals surface area contributed by atoms with Gasteiger partial charge >= 0.3 is 6.18 Å². The number of halogens is 5. The Morgan fingerprint density at radius 1 is 1.17 bits per heavy atom. The van der Waals surface area contributed by atoms with Crippen LogP contribution in [-0.2, 0) is 16.4 Å². The molecule has 4 rings (SSSR count). The second kappa shape index (κ2) is 6.91. The van der Waals surface area contributed by atoms with E-state index in [4.69, 9.17) is 11.6 Å². The van der Waals surface area contributed by atoms with Crippen LogP contribution in [0.4, 0.5) is 24.5 Å². The largest absolute Gasteiger partial charge is 0.416 e. The van der Waals surface area contributed by atoms with Crippen LogP contribution in [0.15, 0.2) is 40.9 Å². The van der Waals surface area contributed by atoms with Crippen LogP contribution < -0.4 is 9.80 Å². The number of benzene rings is 2. The van der Waals surface area contributed by atoms with E-state index in [2.05, 4.69) is 15.9 Å². The van der Waals surface area contributed by atoms with Crippen molar-refractivity contribution in [3.05, 3.63) is 57.0 Å². The maximum Gasteiger partial charge on any atom is 0.416 e. The van der Waals surface area contributed by atoms with E-state index in [-0.39, 0.29) is 16.8 Å². The Bertz CT molecular complexity index is 986. The van der Waals surface area contributed by atoms with Gasteiger partial charge in [-0.2, -0.15) is 13.2 Å². The molecular weight excluding hydrogens is 469 g/mol. The molecule has 0 radical (unpaired) electrons. The third-order valence-electron chi connectivity index (χ3n) is 5.68. The molecule has 2 aromatic rings. The lowest BCUT2D eigenvalue weighted by Gasteiger charge is -2.43. The molecule has 1 saturated heterocycles. The molecule has 0 N–H and O–H groups in total. The Hall–Kier alpha value is -1.73. The maximum atomic E-state index is 13.0. The van der Waals surface area contributed by atoms with E-state index in [1.807, 2.05) is 36.9 Å². The summed E-state index contributed by atoms with van der Waals surface area (Å²) < 4.78 is 40.0. The minimum absolute atomic E-state index is 0.0474. The van der Waals surface area contributed by atoms with Crippen LogP contribution in [0.2, 0.25) is 5.02 Å². The Morgan fingerprint density at radius 3 is 2.52 bits per heavy atom. The average molecular weight is 488 g/mol. The summed E-state index contributed by atoms with van der Waals surface area (Å²) in [4.78, 5) is 16.6. The summed E-state index contributed by atoms with van der Waals surface area (Å²) in [5, 5.41) is 0.0634. The molecule has 0 aromatic heterocycles. The normalized spacial score (nSPS) is 18.8. The molecule has 1 amide bonds. The molecule has 0 saturated carbocycles. The Labute approximate surface area is 180 Å². The van der Waals surface area contributed by atoms with E-state index >= 15 is 0 Å². The zero-order chi connectivity index (χ0) is 21.1. The Morgan fingerprint density at radius 2 is 1.86 bits per heavy atom. The van der Waals surface area contributed by atoms with E-state index in [1.165, 1.54) is 0 Å². The van der Waals surface area contributed by atoms with E-state index in [0.29, 0.717) is 25.3 Å². The summed E-state index contributed by atoms with van der Waals surface area (Å²) in [6.45, 7) is 5.52. The molecule has 0 aliphatic carbocycles. The van der Waals surface area contributed by atoms with Crippen LogP contribution in [0, 0.1) is 5.92 Å². The number of carbonyl (C=O) groups excluding carboxylic acids is 1. The molecule has 0 bridgehead atoms. The first kappa shape index (κ1) is 20.5. The summed E-state index contributed by atoms with van der Waals surface area (Å²) in [5.41, 5.74) is 1.01. The lowest BCUT2D eigenvalue weighted by Crippen LogP contribution is -2.53. The van der Waals surface area contributed by atoms with E-state index in [1.54, 1.807) is 11.0 Å². The molecule has 3 nitrogen and oxygen atoms in total. The second-order valence-electron chi connectivity index (χ2n) is 8.17. The van der Waals surface area contributed by atoms with Gasteiger partial charge in [0.1, 0.15) is 0 Å². The number of hydrogen-bond donors (Lipinski definition) is 0. The molecule has 0 unspecified atom stereocenters. The number of nitrogens with zero attached hydrogens (tertiary/aromatic N) is 2. The molecule has 2 aliphatic heterocycles. The lowest BCUT2D eigenvalue weighted by atomic mass is 9.86. The zero-order valence-electron chi connectivity index (χ0n) is 15.9. The smallest absolute Gasteiger partial charge is 0.371 e. The fraction of sp³-hybridized carbons (Fsp3) is 0.381.